The molecule has 0 unspecified atom stereocenters. The fourth-order valence-electron chi connectivity index (χ4n) is 2.70. The van der Waals surface area contributed by atoms with Gasteiger partial charge in [-0.2, -0.15) is 0 Å². The number of phenolic OH excluding ortho intramolecular Hbond substituents is 2. The molecule has 3 rings (SSSR count). The SMILES string of the molecule is O=C1CCC(=O)c2c1c(O)c1cccc(C(=O)O)c1c2O. The van der Waals surface area contributed by atoms with Crippen molar-refractivity contribution >= 4 is 28.3 Å². The zero-order valence-corrected chi connectivity index (χ0v) is 10.7. The van der Waals surface area contributed by atoms with Crippen LogP contribution in [0.15, 0.2) is 18.2 Å². The molecule has 106 valence electrons. The van der Waals surface area contributed by atoms with Gasteiger partial charge < -0.3 is 15.3 Å². The number of phenols is 2. The van der Waals surface area contributed by atoms with Gasteiger partial charge in [0.05, 0.1) is 16.7 Å². The molecule has 0 amide bonds. The van der Waals surface area contributed by atoms with Gasteiger partial charge >= 0.3 is 5.97 Å². The van der Waals surface area contributed by atoms with E-state index >= 15 is 0 Å². The summed E-state index contributed by atoms with van der Waals surface area (Å²) < 4.78 is 0. The number of aromatic carboxylic acids is 1. The highest BCUT2D eigenvalue weighted by Crippen LogP contribution is 2.44. The lowest BCUT2D eigenvalue weighted by Gasteiger charge is -2.19. The van der Waals surface area contributed by atoms with Crippen molar-refractivity contribution in [2.75, 3.05) is 0 Å². The number of Topliss-reactive ketones (excluding diaryl/α,β-unsaturated/α-hetero) is 2. The van der Waals surface area contributed by atoms with Crippen LogP contribution in [-0.2, 0) is 0 Å². The summed E-state index contributed by atoms with van der Waals surface area (Å²) in [7, 11) is 0. The Hall–Kier alpha value is -2.89. The fraction of sp³-hybridized carbons (Fsp3) is 0.133. The number of benzene rings is 2. The average Bonchev–Trinajstić information content (AvgIpc) is 2.46. The minimum Gasteiger partial charge on any atom is -0.507 e. The van der Waals surface area contributed by atoms with Gasteiger partial charge in [-0.05, 0) is 6.07 Å². The molecule has 6 heteroatoms. The molecule has 21 heavy (non-hydrogen) atoms. The smallest absolute Gasteiger partial charge is 0.336 e. The summed E-state index contributed by atoms with van der Waals surface area (Å²) in [5, 5.41) is 29.6. The van der Waals surface area contributed by atoms with E-state index in [0.29, 0.717) is 0 Å². The number of carbonyl (C=O) groups excluding carboxylic acids is 2. The number of carbonyl (C=O) groups is 3. The van der Waals surface area contributed by atoms with Crippen LogP contribution in [0.4, 0.5) is 0 Å². The van der Waals surface area contributed by atoms with Crippen LogP contribution in [-0.4, -0.2) is 32.9 Å². The predicted octanol–water partition coefficient (Wildman–Crippen LogP) is 2.11. The lowest BCUT2D eigenvalue weighted by molar-refractivity contribution is 0.0698. The first kappa shape index (κ1) is 13.1. The molecule has 0 spiro atoms. The molecule has 0 saturated carbocycles. The quantitative estimate of drug-likeness (QED) is 0.692. The summed E-state index contributed by atoms with van der Waals surface area (Å²) in [4.78, 5) is 35.1. The van der Waals surface area contributed by atoms with Gasteiger partial charge in [0.15, 0.2) is 11.6 Å². The Labute approximate surface area is 118 Å². The summed E-state index contributed by atoms with van der Waals surface area (Å²) in [6, 6.07) is 4.04. The van der Waals surface area contributed by atoms with Crippen LogP contribution in [0.25, 0.3) is 10.8 Å². The maximum atomic E-state index is 12.0. The maximum Gasteiger partial charge on any atom is 0.336 e. The van der Waals surface area contributed by atoms with Crippen molar-refractivity contribution in [1.29, 1.82) is 0 Å². The lowest BCUT2D eigenvalue weighted by Crippen LogP contribution is -2.18. The maximum absolute atomic E-state index is 12.0. The minimum absolute atomic E-state index is 0.0363. The molecule has 0 atom stereocenters. The molecular formula is C15H10O6. The Bertz CT molecular complexity index is 834. The lowest BCUT2D eigenvalue weighted by atomic mass is 9.84. The van der Waals surface area contributed by atoms with Crippen LogP contribution in [0.5, 0.6) is 11.5 Å². The first-order valence-corrected chi connectivity index (χ1v) is 6.23. The largest absolute Gasteiger partial charge is 0.507 e. The van der Waals surface area contributed by atoms with E-state index in [4.69, 9.17) is 0 Å². The number of carboxylic acids is 1. The number of aromatic hydroxyl groups is 2. The first-order valence-electron chi connectivity index (χ1n) is 6.23. The number of fused-ring (bicyclic) bond motifs is 2. The van der Waals surface area contributed by atoms with Crippen molar-refractivity contribution in [2.24, 2.45) is 0 Å². The molecule has 1 aliphatic rings. The number of hydrogen-bond donors (Lipinski definition) is 3. The van der Waals surface area contributed by atoms with E-state index in [1.165, 1.54) is 18.2 Å². The molecule has 0 fully saturated rings. The molecule has 0 radical (unpaired) electrons. The molecule has 0 heterocycles. The number of ketones is 2. The second-order valence-corrected chi connectivity index (χ2v) is 4.83. The highest BCUT2D eigenvalue weighted by atomic mass is 16.4. The zero-order chi connectivity index (χ0) is 15.3. The van der Waals surface area contributed by atoms with Crippen molar-refractivity contribution < 1.29 is 29.7 Å². The zero-order valence-electron chi connectivity index (χ0n) is 10.7. The molecular weight excluding hydrogens is 276 g/mol. The van der Waals surface area contributed by atoms with Gasteiger partial charge in [0, 0.05) is 23.6 Å². The van der Waals surface area contributed by atoms with E-state index in [2.05, 4.69) is 0 Å². The molecule has 0 bridgehead atoms. The summed E-state index contributed by atoms with van der Waals surface area (Å²) in [6.45, 7) is 0. The fourth-order valence-corrected chi connectivity index (χ4v) is 2.70. The average molecular weight is 286 g/mol. The van der Waals surface area contributed by atoms with E-state index in [0.717, 1.165) is 0 Å². The van der Waals surface area contributed by atoms with Crippen LogP contribution >= 0.6 is 0 Å². The molecule has 6 nitrogen and oxygen atoms in total. The summed E-state index contributed by atoms with van der Waals surface area (Å²) in [6.07, 6.45) is -0.109. The van der Waals surface area contributed by atoms with Crippen LogP contribution in [0, 0.1) is 0 Å². The topological polar surface area (TPSA) is 112 Å². The van der Waals surface area contributed by atoms with Crippen LogP contribution in [0.1, 0.15) is 43.9 Å². The van der Waals surface area contributed by atoms with E-state index in [1.807, 2.05) is 0 Å². The standard InChI is InChI=1S/C15H10O6/c16-8-4-5-9(17)12-11(8)13(18)6-2-1-3-7(15(20)21)10(6)14(12)19/h1-3,18-19H,4-5H2,(H,20,21). The van der Waals surface area contributed by atoms with E-state index in [-0.39, 0.29) is 40.3 Å². The first-order chi connectivity index (χ1) is 9.93. The van der Waals surface area contributed by atoms with Crippen LogP contribution < -0.4 is 0 Å². The highest BCUT2D eigenvalue weighted by Gasteiger charge is 2.33. The van der Waals surface area contributed by atoms with Gasteiger partial charge in [-0.3, -0.25) is 9.59 Å². The second kappa shape index (κ2) is 4.31. The normalized spacial score (nSPS) is 14.3. The molecule has 1 aliphatic carbocycles. The molecule has 2 aromatic carbocycles. The summed E-state index contributed by atoms with van der Waals surface area (Å²) in [5.74, 6) is -3.25. The number of carboxylic acid groups (broad SMARTS) is 1. The minimum atomic E-state index is -1.30. The van der Waals surface area contributed by atoms with Gasteiger partial charge in [-0.15, -0.1) is 0 Å². The molecule has 0 aliphatic heterocycles. The van der Waals surface area contributed by atoms with Gasteiger partial charge in [0.1, 0.15) is 11.5 Å². The molecule has 0 aromatic heterocycles. The Morgan fingerprint density at radius 1 is 0.952 bits per heavy atom. The van der Waals surface area contributed by atoms with E-state index in [1.54, 1.807) is 0 Å². The predicted molar refractivity (Wildman–Crippen MR) is 72.1 cm³/mol. The van der Waals surface area contributed by atoms with Crippen LogP contribution in [0.3, 0.4) is 0 Å². The van der Waals surface area contributed by atoms with Crippen molar-refractivity contribution in [3.05, 3.63) is 34.9 Å². The third-order valence-electron chi connectivity index (χ3n) is 3.65. The second-order valence-electron chi connectivity index (χ2n) is 4.83. The Balaban J connectivity index is 2.56. The molecule has 3 N–H and O–H groups in total. The Kier molecular flexibility index (Phi) is 2.69. The third kappa shape index (κ3) is 1.69. The Morgan fingerprint density at radius 2 is 1.52 bits per heavy atom. The van der Waals surface area contributed by atoms with E-state index in [9.17, 15) is 29.7 Å². The Morgan fingerprint density at radius 3 is 2.10 bits per heavy atom. The van der Waals surface area contributed by atoms with Gasteiger partial charge in [0.2, 0.25) is 0 Å². The highest BCUT2D eigenvalue weighted by molar-refractivity contribution is 6.23. The number of rotatable bonds is 1. The van der Waals surface area contributed by atoms with Crippen molar-refractivity contribution in [2.45, 2.75) is 12.8 Å². The van der Waals surface area contributed by atoms with Crippen molar-refractivity contribution in [1.82, 2.24) is 0 Å². The number of hydrogen-bond acceptors (Lipinski definition) is 5. The summed E-state index contributed by atoms with van der Waals surface area (Å²) in [5.41, 5.74) is -0.752. The van der Waals surface area contributed by atoms with Gasteiger partial charge in [-0.25, -0.2) is 4.79 Å². The van der Waals surface area contributed by atoms with E-state index < -0.39 is 29.0 Å². The van der Waals surface area contributed by atoms with Crippen LogP contribution in [0.2, 0.25) is 0 Å². The third-order valence-corrected chi connectivity index (χ3v) is 3.65. The van der Waals surface area contributed by atoms with Crippen molar-refractivity contribution in [3.63, 3.8) is 0 Å². The molecule has 2 aromatic rings. The monoisotopic (exact) mass is 286 g/mol. The summed E-state index contributed by atoms with van der Waals surface area (Å²) >= 11 is 0. The molecule has 0 saturated heterocycles. The van der Waals surface area contributed by atoms with Gasteiger partial charge in [0.25, 0.3) is 0 Å². The van der Waals surface area contributed by atoms with Gasteiger partial charge in [-0.1, -0.05) is 12.1 Å². The van der Waals surface area contributed by atoms with Crippen molar-refractivity contribution in [3.8, 4) is 11.5 Å².